The molecule has 1 fully saturated rings. The molecule has 1 heteroatoms. The fraction of sp³-hybridized carbons (Fsp3) is 0.600. The second kappa shape index (κ2) is 3.77. The van der Waals surface area contributed by atoms with Crippen LogP contribution in [0.15, 0.2) is 18.2 Å². The molecule has 0 saturated heterocycles. The summed E-state index contributed by atoms with van der Waals surface area (Å²) in [5, 5.41) is 0.993. The Labute approximate surface area is 103 Å². The van der Waals surface area contributed by atoms with Crippen molar-refractivity contribution >= 4 is 11.6 Å². The van der Waals surface area contributed by atoms with Crippen molar-refractivity contribution in [2.75, 3.05) is 0 Å². The van der Waals surface area contributed by atoms with Gasteiger partial charge in [0.25, 0.3) is 0 Å². The lowest BCUT2D eigenvalue weighted by Gasteiger charge is -2.34. The van der Waals surface area contributed by atoms with E-state index < -0.39 is 0 Å². The van der Waals surface area contributed by atoms with Crippen molar-refractivity contribution in [2.24, 2.45) is 0 Å². The largest absolute Gasteiger partial charge is 0.0840 e. The van der Waals surface area contributed by atoms with Crippen LogP contribution in [0.3, 0.4) is 0 Å². The van der Waals surface area contributed by atoms with E-state index in [1.165, 1.54) is 44.1 Å². The molecule has 86 valence electrons. The first-order chi connectivity index (χ1) is 7.73. The summed E-state index contributed by atoms with van der Waals surface area (Å²) in [5.74, 6) is 0.654. The van der Waals surface area contributed by atoms with Crippen LogP contribution in [0.4, 0.5) is 0 Å². The van der Waals surface area contributed by atoms with Crippen molar-refractivity contribution in [1.82, 2.24) is 0 Å². The molecule has 1 aromatic carbocycles. The van der Waals surface area contributed by atoms with Crippen molar-refractivity contribution in [1.29, 1.82) is 0 Å². The Hall–Kier alpha value is -0.490. The molecular formula is C15H19Cl. The Morgan fingerprint density at radius 2 is 1.94 bits per heavy atom. The van der Waals surface area contributed by atoms with E-state index in [1.807, 2.05) is 0 Å². The van der Waals surface area contributed by atoms with Gasteiger partial charge in [-0.3, -0.25) is 0 Å². The van der Waals surface area contributed by atoms with E-state index in [0.717, 1.165) is 5.02 Å². The number of halogens is 1. The predicted molar refractivity (Wildman–Crippen MR) is 69.2 cm³/mol. The van der Waals surface area contributed by atoms with Gasteiger partial charge in [0.15, 0.2) is 0 Å². The van der Waals surface area contributed by atoms with Gasteiger partial charge >= 0.3 is 0 Å². The standard InChI is InChI=1S/C15H19Cl/c1-11-10-15(8-3-2-4-9-15)12-6-5-7-13(16)14(11)12/h5-7,11H,2-4,8-10H2,1H3. The number of hydrogen-bond donors (Lipinski definition) is 0. The summed E-state index contributed by atoms with van der Waals surface area (Å²) in [6.45, 7) is 2.34. The quantitative estimate of drug-likeness (QED) is 0.589. The third kappa shape index (κ3) is 1.43. The average molecular weight is 235 g/mol. The summed E-state index contributed by atoms with van der Waals surface area (Å²) < 4.78 is 0. The molecule has 0 radical (unpaired) electrons. The van der Waals surface area contributed by atoms with E-state index in [-0.39, 0.29) is 0 Å². The van der Waals surface area contributed by atoms with Gasteiger partial charge in [-0.1, -0.05) is 49.9 Å². The zero-order valence-corrected chi connectivity index (χ0v) is 10.7. The Morgan fingerprint density at radius 1 is 1.19 bits per heavy atom. The van der Waals surface area contributed by atoms with E-state index in [9.17, 15) is 0 Å². The Morgan fingerprint density at radius 3 is 2.69 bits per heavy atom. The highest BCUT2D eigenvalue weighted by Crippen LogP contribution is 2.54. The molecule has 0 aliphatic heterocycles. The van der Waals surface area contributed by atoms with Crippen molar-refractivity contribution in [3.05, 3.63) is 34.3 Å². The van der Waals surface area contributed by atoms with E-state index in [2.05, 4.69) is 25.1 Å². The molecule has 0 amide bonds. The van der Waals surface area contributed by atoms with Crippen LogP contribution in [0, 0.1) is 0 Å². The monoisotopic (exact) mass is 234 g/mol. The highest BCUT2D eigenvalue weighted by atomic mass is 35.5. The highest BCUT2D eigenvalue weighted by molar-refractivity contribution is 6.31. The topological polar surface area (TPSA) is 0 Å². The molecule has 16 heavy (non-hydrogen) atoms. The first kappa shape index (κ1) is 10.7. The van der Waals surface area contributed by atoms with Crippen LogP contribution in [-0.2, 0) is 5.41 Å². The lowest BCUT2D eigenvalue weighted by molar-refractivity contribution is 0.282. The first-order valence-corrected chi connectivity index (χ1v) is 6.90. The lowest BCUT2D eigenvalue weighted by atomic mass is 9.70. The van der Waals surface area contributed by atoms with E-state index >= 15 is 0 Å². The van der Waals surface area contributed by atoms with E-state index in [0.29, 0.717) is 11.3 Å². The number of hydrogen-bond acceptors (Lipinski definition) is 0. The zero-order chi connectivity index (χ0) is 11.2. The van der Waals surface area contributed by atoms with Gasteiger partial charge in [-0.05, 0) is 47.8 Å². The van der Waals surface area contributed by atoms with Crippen LogP contribution in [0.1, 0.15) is 62.5 Å². The zero-order valence-electron chi connectivity index (χ0n) is 9.93. The van der Waals surface area contributed by atoms with Gasteiger partial charge in [-0.15, -0.1) is 0 Å². The lowest BCUT2D eigenvalue weighted by Crippen LogP contribution is -2.26. The molecule has 0 nitrogen and oxygen atoms in total. The Balaban J connectivity index is 2.11. The minimum Gasteiger partial charge on any atom is -0.0840 e. The van der Waals surface area contributed by atoms with E-state index in [4.69, 9.17) is 11.6 Å². The Bertz CT molecular complexity index is 402. The maximum Gasteiger partial charge on any atom is 0.0443 e. The highest BCUT2D eigenvalue weighted by Gasteiger charge is 2.43. The molecule has 2 aliphatic carbocycles. The predicted octanol–water partition coefficient (Wildman–Crippen LogP) is 5.05. The van der Waals surface area contributed by atoms with Gasteiger partial charge < -0.3 is 0 Å². The first-order valence-electron chi connectivity index (χ1n) is 6.52. The second-order valence-electron chi connectivity index (χ2n) is 5.65. The molecule has 0 N–H and O–H groups in total. The molecule has 2 aliphatic rings. The summed E-state index contributed by atoms with van der Waals surface area (Å²) in [7, 11) is 0. The fourth-order valence-electron chi connectivity index (χ4n) is 4.00. The minimum atomic E-state index is 0.484. The van der Waals surface area contributed by atoms with Crippen molar-refractivity contribution in [3.63, 3.8) is 0 Å². The molecule has 1 atom stereocenters. The average Bonchev–Trinajstić information content (AvgIpc) is 2.55. The number of benzene rings is 1. The molecule has 0 aromatic heterocycles. The van der Waals surface area contributed by atoms with Crippen molar-refractivity contribution in [3.8, 4) is 0 Å². The smallest absolute Gasteiger partial charge is 0.0443 e. The number of rotatable bonds is 0. The molecule has 1 unspecified atom stereocenters. The summed E-state index contributed by atoms with van der Waals surface area (Å²) in [4.78, 5) is 0. The third-order valence-electron chi connectivity index (χ3n) is 4.62. The summed E-state index contributed by atoms with van der Waals surface area (Å²) >= 11 is 6.37. The fourth-order valence-corrected chi connectivity index (χ4v) is 4.36. The third-order valence-corrected chi connectivity index (χ3v) is 4.95. The van der Waals surface area contributed by atoms with Gasteiger partial charge in [0.05, 0.1) is 0 Å². The molecule has 1 aromatic rings. The van der Waals surface area contributed by atoms with E-state index in [1.54, 1.807) is 5.56 Å². The Kier molecular flexibility index (Phi) is 2.51. The minimum absolute atomic E-state index is 0.484. The second-order valence-corrected chi connectivity index (χ2v) is 6.05. The van der Waals surface area contributed by atoms with Crippen LogP contribution >= 0.6 is 11.6 Å². The molecular weight excluding hydrogens is 216 g/mol. The van der Waals surface area contributed by atoms with Gasteiger partial charge in [-0.25, -0.2) is 0 Å². The summed E-state index contributed by atoms with van der Waals surface area (Å²) in [6, 6.07) is 6.52. The van der Waals surface area contributed by atoms with Crippen LogP contribution in [0.2, 0.25) is 5.02 Å². The molecule has 0 bridgehead atoms. The summed E-state index contributed by atoms with van der Waals surface area (Å²) in [5.41, 5.74) is 3.51. The number of fused-ring (bicyclic) bond motifs is 2. The molecule has 0 heterocycles. The van der Waals surface area contributed by atoms with Gasteiger partial charge in [-0.2, -0.15) is 0 Å². The van der Waals surface area contributed by atoms with Gasteiger partial charge in [0.2, 0.25) is 0 Å². The van der Waals surface area contributed by atoms with Crippen molar-refractivity contribution < 1.29 is 0 Å². The van der Waals surface area contributed by atoms with Crippen LogP contribution in [-0.4, -0.2) is 0 Å². The molecule has 3 rings (SSSR count). The van der Waals surface area contributed by atoms with Crippen LogP contribution in [0.25, 0.3) is 0 Å². The van der Waals surface area contributed by atoms with Gasteiger partial charge in [0, 0.05) is 5.02 Å². The SMILES string of the molecule is CC1CC2(CCCCC2)c2cccc(Cl)c21. The summed E-state index contributed by atoms with van der Waals surface area (Å²) in [6.07, 6.45) is 8.31. The van der Waals surface area contributed by atoms with Crippen LogP contribution in [0.5, 0.6) is 0 Å². The normalized spacial score (nSPS) is 27.0. The maximum absolute atomic E-state index is 6.37. The van der Waals surface area contributed by atoms with Crippen molar-refractivity contribution in [2.45, 2.75) is 56.8 Å². The van der Waals surface area contributed by atoms with Gasteiger partial charge in [0.1, 0.15) is 0 Å². The van der Waals surface area contributed by atoms with Crippen LogP contribution < -0.4 is 0 Å². The molecule has 1 saturated carbocycles. The molecule has 1 spiro atoms. The maximum atomic E-state index is 6.37.